The molecule has 1 amide bonds. The van der Waals surface area contributed by atoms with Crippen molar-refractivity contribution in [3.63, 3.8) is 0 Å². The lowest BCUT2D eigenvalue weighted by Gasteiger charge is -2.13. The van der Waals surface area contributed by atoms with Gasteiger partial charge in [0, 0.05) is 11.6 Å². The molecule has 0 aliphatic carbocycles. The normalized spacial score (nSPS) is 10.2. The second-order valence-corrected chi connectivity index (χ2v) is 6.08. The molecule has 144 valence electrons. The summed E-state index contributed by atoms with van der Waals surface area (Å²) in [6.07, 6.45) is 0.221. The lowest BCUT2D eigenvalue weighted by atomic mass is 10.1. The number of nitrogens with one attached hydrogen (secondary N) is 1. The van der Waals surface area contributed by atoms with Crippen LogP contribution in [0.5, 0.6) is 17.2 Å². The van der Waals surface area contributed by atoms with Crippen LogP contribution in [0.1, 0.15) is 6.42 Å². The molecule has 0 fully saturated rings. The molecule has 3 rings (SSSR count). The summed E-state index contributed by atoms with van der Waals surface area (Å²) in [7, 11) is 3.13. The third-order valence-corrected chi connectivity index (χ3v) is 4.24. The van der Waals surface area contributed by atoms with Gasteiger partial charge in [-0.25, -0.2) is 0 Å². The molecule has 0 bridgehead atoms. The number of ether oxygens (including phenoxy) is 3. The van der Waals surface area contributed by atoms with Crippen LogP contribution in [0.15, 0.2) is 72.8 Å². The Morgan fingerprint density at radius 1 is 0.857 bits per heavy atom. The van der Waals surface area contributed by atoms with Crippen LogP contribution in [0, 0.1) is 0 Å². The first kappa shape index (κ1) is 19.3. The molecule has 0 radical (unpaired) electrons. The Balaban J connectivity index is 1.60. The van der Waals surface area contributed by atoms with Crippen molar-refractivity contribution in [2.24, 2.45) is 0 Å². The summed E-state index contributed by atoms with van der Waals surface area (Å²) in [5, 5.41) is 2.85. The smallest absolute Gasteiger partial charge is 0.227 e. The lowest BCUT2D eigenvalue weighted by molar-refractivity contribution is -0.116. The van der Waals surface area contributed by atoms with Gasteiger partial charge in [-0.3, -0.25) is 4.79 Å². The van der Waals surface area contributed by atoms with Gasteiger partial charge in [0.2, 0.25) is 5.91 Å². The molecule has 0 spiro atoms. The zero-order valence-electron chi connectivity index (χ0n) is 16.0. The maximum atomic E-state index is 12.3. The Labute approximate surface area is 164 Å². The third kappa shape index (κ3) is 4.82. The van der Waals surface area contributed by atoms with Crippen LogP contribution in [0.25, 0.3) is 11.1 Å². The number of hydrogen-bond donors (Lipinski definition) is 1. The number of hydrogen-bond acceptors (Lipinski definition) is 4. The molecule has 0 aromatic heterocycles. The maximum absolute atomic E-state index is 12.3. The first-order valence-electron chi connectivity index (χ1n) is 9.00. The molecule has 3 aromatic rings. The fraction of sp³-hybridized carbons (Fsp3) is 0.174. The molecule has 28 heavy (non-hydrogen) atoms. The predicted octanol–water partition coefficient (Wildman–Crippen LogP) is 4.78. The molecule has 5 nitrogen and oxygen atoms in total. The minimum absolute atomic E-state index is 0.152. The summed E-state index contributed by atoms with van der Waals surface area (Å²) in [4.78, 5) is 12.3. The van der Waals surface area contributed by atoms with E-state index in [1.54, 1.807) is 32.4 Å². The van der Waals surface area contributed by atoms with E-state index in [1.165, 1.54) is 0 Å². The zero-order chi connectivity index (χ0) is 19.8. The number of benzene rings is 3. The first-order chi connectivity index (χ1) is 13.7. The van der Waals surface area contributed by atoms with Gasteiger partial charge < -0.3 is 19.5 Å². The van der Waals surface area contributed by atoms with Crippen LogP contribution in [0.3, 0.4) is 0 Å². The molecular formula is C23H23NO4. The highest BCUT2D eigenvalue weighted by atomic mass is 16.5. The fourth-order valence-corrected chi connectivity index (χ4v) is 2.82. The van der Waals surface area contributed by atoms with Crippen molar-refractivity contribution in [3.8, 4) is 28.4 Å². The van der Waals surface area contributed by atoms with Crippen molar-refractivity contribution in [2.45, 2.75) is 6.42 Å². The monoisotopic (exact) mass is 377 g/mol. The van der Waals surface area contributed by atoms with Crippen molar-refractivity contribution in [1.82, 2.24) is 0 Å². The van der Waals surface area contributed by atoms with Crippen LogP contribution in [-0.4, -0.2) is 26.7 Å². The van der Waals surface area contributed by atoms with Gasteiger partial charge in [0.15, 0.2) is 0 Å². The summed E-state index contributed by atoms with van der Waals surface area (Å²) < 4.78 is 16.3. The molecule has 1 N–H and O–H groups in total. The van der Waals surface area contributed by atoms with Crippen LogP contribution in [0.2, 0.25) is 0 Å². The van der Waals surface area contributed by atoms with Gasteiger partial charge in [0.25, 0.3) is 0 Å². The molecule has 0 aliphatic heterocycles. The topological polar surface area (TPSA) is 56.8 Å². The van der Waals surface area contributed by atoms with Gasteiger partial charge in [-0.1, -0.05) is 48.5 Å². The minimum atomic E-state index is -0.152. The van der Waals surface area contributed by atoms with E-state index >= 15 is 0 Å². The highest BCUT2D eigenvalue weighted by Gasteiger charge is 2.10. The second kappa shape index (κ2) is 9.46. The number of carbonyl (C=O) groups is 1. The molecule has 0 unspecified atom stereocenters. The summed E-state index contributed by atoms with van der Waals surface area (Å²) >= 11 is 0. The van der Waals surface area contributed by atoms with Crippen molar-refractivity contribution in [1.29, 1.82) is 0 Å². The second-order valence-electron chi connectivity index (χ2n) is 6.08. The summed E-state index contributed by atoms with van der Waals surface area (Å²) in [6.45, 7) is 0.272. The van der Waals surface area contributed by atoms with Crippen LogP contribution >= 0.6 is 0 Å². The Morgan fingerprint density at radius 2 is 1.61 bits per heavy atom. The number of carbonyl (C=O) groups excluding carboxylic acids is 1. The average molecular weight is 377 g/mol. The Bertz CT molecular complexity index is 925. The van der Waals surface area contributed by atoms with Crippen molar-refractivity contribution in [2.75, 3.05) is 26.1 Å². The summed E-state index contributed by atoms with van der Waals surface area (Å²) in [6, 6.07) is 23.1. The van der Waals surface area contributed by atoms with Crippen molar-refractivity contribution in [3.05, 3.63) is 72.8 Å². The molecule has 3 aromatic carbocycles. The van der Waals surface area contributed by atoms with E-state index in [0.29, 0.717) is 17.2 Å². The fourth-order valence-electron chi connectivity index (χ4n) is 2.82. The largest absolute Gasteiger partial charge is 0.497 e. The van der Waals surface area contributed by atoms with E-state index in [1.807, 2.05) is 54.6 Å². The Morgan fingerprint density at radius 3 is 2.36 bits per heavy atom. The standard InChI is InChI=1S/C23H23NO4/c1-26-18-12-13-20(22(16-18)27-2)24-23(25)14-15-28-21-11-7-6-10-19(21)17-8-4-3-5-9-17/h3-13,16H,14-15H2,1-2H3,(H,24,25). The van der Waals surface area contributed by atoms with Crippen LogP contribution in [0.4, 0.5) is 5.69 Å². The van der Waals surface area contributed by atoms with Crippen molar-refractivity contribution < 1.29 is 19.0 Å². The van der Waals surface area contributed by atoms with Gasteiger partial charge in [0.05, 0.1) is 32.9 Å². The summed E-state index contributed by atoms with van der Waals surface area (Å²) in [5.41, 5.74) is 2.67. The first-order valence-corrected chi connectivity index (χ1v) is 9.00. The number of amides is 1. The van der Waals surface area contributed by atoms with Crippen molar-refractivity contribution >= 4 is 11.6 Å². The number of para-hydroxylation sites is 1. The van der Waals surface area contributed by atoms with Gasteiger partial charge in [-0.05, 0) is 23.8 Å². The van der Waals surface area contributed by atoms with E-state index in [0.717, 1.165) is 16.9 Å². The molecule has 0 saturated carbocycles. The lowest BCUT2D eigenvalue weighted by Crippen LogP contribution is -2.16. The maximum Gasteiger partial charge on any atom is 0.227 e. The van der Waals surface area contributed by atoms with Crippen LogP contribution < -0.4 is 19.5 Å². The number of methoxy groups -OCH3 is 2. The predicted molar refractivity (Wildman–Crippen MR) is 110 cm³/mol. The number of anilines is 1. The van der Waals surface area contributed by atoms with E-state index in [4.69, 9.17) is 14.2 Å². The molecule has 5 heteroatoms. The summed E-state index contributed by atoms with van der Waals surface area (Å²) in [5.74, 6) is 1.81. The quantitative estimate of drug-likeness (QED) is 0.614. The molecule has 0 heterocycles. The average Bonchev–Trinajstić information content (AvgIpc) is 2.75. The SMILES string of the molecule is COc1ccc(NC(=O)CCOc2ccccc2-c2ccccc2)c(OC)c1. The van der Waals surface area contributed by atoms with Gasteiger partial charge in [-0.2, -0.15) is 0 Å². The third-order valence-electron chi connectivity index (χ3n) is 4.24. The van der Waals surface area contributed by atoms with Crippen LogP contribution in [-0.2, 0) is 4.79 Å². The highest BCUT2D eigenvalue weighted by molar-refractivity contribution is 5.92. The minimum Gasteiger partial charge on any atom is -0.497 e. The van der Waals surface area contributed by atoms with E-state index in [9.17, 15) is 4.79 Å². The van der Waals surface area contributed by atoms with E-state index in [2.05, 4.69) is 5.32 Å². The highest BCUT2D eigenvalue weighted by Crippen LogP contribution is 2.30. The van der Waals surface area contributed by atoms with Gasteiger partial charge in [-0.15, -0.1) is 0 Å². The van der Waals surface area contributed by atoms with E-state index in [-0.39, 0.29) is 18.9 Å². The molecule has 0 saturated heterocycles. The Hall–Kier alpha value is -3.47. The Kier molecular flexibility index (Phi) is 6.52. The molecule has 0 atom stereocenters. The van der Waals surface area contributed by atoms with Gasteiger partial charge in [0.1, 0.15) is 17.2 Å². The molecule has 0 aliphatic rings. The van der Waals surface area contributed by atoms with E-state index < -0.39 is 0 Å². The number of rotatable bonds is 8. The van der Waals surface area contributed by atoms with Gasteiger partial charge >= 0.3 is 0 Å². The molecular weight excluding hydrogens is 354 g/mol. The zero-order valence-corrected chi connectivity index (χ0v) is 16.0.